The molecule has 34 heavy (non-hydrogen) atoms. The molecule has 0 atom stereocenters. The maximum Gasteiger partial charge on any atom is 0.338 e. The molecule has 0 heterocycles. The molecule has 0 radical (unpaired) electrons. The highest BCUT2D eigenvalue weighted by Crippen LogP contribution is 2.25. The Morgan fingerprint density at radius 2 is 1.03 bits per heavy atom. The molecule has 0 bridgehead atoms. The summed E-state index contributed by atoms with van der Waals surface area (Å²) >= 11 is 0. The van der Waals surface area contributed by atoms with Gasteiger partial charge in [-0.1, -0.05) is 86.0 Å². The summed E-state index contributed by atoms with van der Waals surface area (Å²) in [6.45, 7) is 7.64. The minimum atomic E-state index is -0.403. The molecule has 4 heteroatoms. The molecule has 0 saturated carbocycles. The number of carbonyl (C=O) groups excluding carboxylic acids is 2. The number of fused-ring (bicyclic) bond motifs is 1. The van der Waals surface area contributed by atoms with Crippen molar-refractivity contribution in [2.24, 2.45) is 0 Å². The van der Waals surface area contributed by atoms with Crippen molar-refractivity contribution in [1.82, 2.24) is 0 Å². The second-order valence-corrected chi connectivity index (χ2v) is 7.74. The molecule has 0 aliphatic rings. The topological polar surface area (TPSA) is 52.6 Å². The molecule has 0 aliphatic heterocycles. The maximum atomic E-state index is 12.5. The van der Waals surface area contributed by atoms with E-state index >= 15 is 0 Å². The van der Waals surface area contributed by atoms with E-state index in [9.17, 15) is 9.59 Å². The van der Waals surface area contributed by atoms with Gasteiger partial charge in [0.25, 0.3) is 0 Å². The van der Waals surface area contributed by atoms with Gasteiger partial charge in [-0.3, -0.25) is 0 Å². The first kappa shape index (κ1) is 22.7. The fourth-order valence-electron chi connectivity index (χ4n) is 3.71. The van der Waals surface area contributed by atoms with Crippen molar-refractivity contribution < 1.29 is 19.1 Å². The van der Waals surface area contributed by atoms with E-state index in [1.807, 2.05) is 60.7 Å². The normalized spacial score (nSPS) is 10.5. The van der Waals surface area contributed by atoms with Crippen LogP contribution in [0.4, 0.5) is 0 Å². The van der Waals surface area contributed by atoms with Gasteiger partial charge < -0.3 is 9.47 Å². The molecular formula is C30H24O4. The smallest absolute Gasteiger partial charge is 0.338 e. The molecular weight excluding hydrogens is 424 g/mol. The van der Waals surface area contributed by atoms with E-state index in [4.69, 9.17) is 9.47 Å². The molecule has 168 valence electrons. The first-order valence-electron chi connectivity index (χ1n) is 10.9. The molecule has 4 rings (SSSR count). The van der Waals surface area contributed by atoms with Crippen LogP contribution in [0.1, 0.15) is 43.0 Å². The molecule has 4 aromatic rings. The van der Waals surface area contributed by atoms with E-state index in [0.29, 0.717) is 11.1 Å². The second kappa shape index (κ2) is 10.5. The van der Waals surface area contributed by atoms with Crippen LogP contribution in [0.15, 0.2) is 98.1 Å². The van der Waals surface area contributed by atoms with Crippen molar-refractivity contribution in [2.75, 3.05) is 0 Å². The lowest BCUT2D eigenvalue weighted by Crippen LogP contribution is -2.07. The Morgan fingerprint density at radius 1 is 0.618 bits per heavy atom. The van der Waals surface area contributed by atoms with Crippen LogP contribution in [0.5, 0.6) is 0 Å². The van der Waals surface area contributed by atoms with Crippen molar-refractivity contribution in [3.63, 3.8) is 0 Å². The Balaban J connectivity index is 1.50. The third kappa shape index (κ3) is 5.13. The van der Waals surface area contributed by atoms with Gasteiger partial charge in [-0.25, -0.2) is 9.59 Å². The van der Waals surface area contributed by atoms with Gasteiger partial charge in [0.1, 0.15) is 13.2 Å². The van der Waals surface area contributed by atoms with Gasteiger partial charge in [0, 0.05) is 0 Å². The van der Waals surface area contributed by atoms with E-state index in [1.165, 1.54) is 0 Å². The summed E-state index contributed by atoms with van der Waals surface area (Å²) in [7, 11) is 0. The minimum absolute atomic E-state index is 0.105. The first-order chi connectivity index (χ1) is 16.6. The zero-order chi connectivity index (χ0) is 23.9. The number of rotatable bonds is 8. The van der Waals surface area contributed by atoms with Crippen LogP contribution in [-0.2, 0) is 22.7 Å². The van der Waals surface area contributed by atoms with E-state index in [2.05, 4.69) is 13.2 Å². The Hall–Kier alpha value is -4.44. The third-order valence-electron chi connectivity index (χ3n) is 5.56. The Morgan fingerprint density at radius 3 is 1.41 bits per heavy atom. The summed E-state index contributed by atoms with van der Waals surface area (Å²) in [5.41, 5.74) is 4.50. The average molecular weight is 449 g/mol. The predicted octanol–water partition coefficient (Wildman–Crippen LogP) is 6.84. The lowest BCUT2D eigenvalue weighted by molar-refractivity contribution is 0.0471. The standard InChI is InChI=1S/C30H24O4/c1-3-21-11-15-24(16-12-21)29(31)33-19-26-9-5-7-23-8-6-10-27(28(23)26)20-34-30(32)25-17-13-22(4-2)14-18-25/h3-18H,1-2,19-20H2. The fraction of sp³-hybridized carbons (Fsp3) is 0.0667. The van der Waals surface area contributed by atoms with Crippen LogP contribution in [0.2, 0.25) is 0 Å². The van der Waals surface area contributed by atoms with Gasteiger partial charge in [-0.2, -0.15) is 0 Å². The summed E-state index contributed by atoms with van der Waals surface area (Å²) < 4.78 is 11.2. The molecule has 0 fully saturated rings. The van der Waals surface area contributed by atoms with Crippen LogP contribution in [0.3, 0.4) is 0 Å². The van der Waals surface area contributed by atoms with E-state index in [-0.39, 0.29) is 13.2 Å². The highest BCUT2D eigenvalue weighted by atomic mass is 16.5. The number of hydrogen-bond donors (Lipinski definition) is 0. The Bertz CT molecular complexity index is 1250. The summed E-state index contributed by atoms with van der Waals surface area (Å²) in [6.07, 6.45) is 3.44. The maximum absolute atomic E-state index is 12.5. The Kier molecular flexibility index (Phi) is 6.99. The van der Waals surface area contributed by atoms with Crippen molar-refractivity contribution in [1.29, 1.82) is 0 Å². The predicted molar refractivity (Wildman–Crippen MR) is 135 cm³/mol. The van der Waals surface area contributed by atoms with Crippen molar-refractivity contribution >= 4 is 34.9 Å². The summed E-state index contributed by atoms with van der Waals surface area (Å²) in [4.78, 5) is 25.1. The number of carbonyl (C=O) groups is 2. The van der Waals surface area contributed by atoms with Crippen molar-refractivity contribution in [2.45, 2.75) is 13.2 Å². The molecule has 0 unspecified atom stereocenters. The third-order valence-corrected chi connectivity index (χ3v) is 5.56. The number of ether oxygens (including phenoxy) is 2. The van der Waals surface area contributed by atoms with Crippen LogP contribution < -0.4 is 0 Å². The molecule has 0 N–H and O–H groups in total. The van der Waals surface area contributed by atoms with E-state index < -0.39 is 11.9 Å². The van der Waals surface area contributed by atoms with Gasteiger partial charge in [0.15, 0.2) is 0 Å². The zero-order valence-electron chi connectivity index (χ0n) is 18.7. The first-order valence-corrected chi connectivity index (χ1v) is 10.9. The minimum Gasteiger partial charge on any atom is -0.457 e. The number of esters is 2. The van der Waals surface area contributed by atoms with Crippen LogP contribution in [-0.4, -0.2) is 11.9 Å². The summed E-state index contributed by atoms with van der Waals surface area (Å²) in [5.74, 6) is -0.806. The van der Waals surface area contributed by atoms with E-state index in [0.717, 1.165) is 33.0 Å². The van der Waals surface area contributed by atoms with Crippen LogP contribution in [0, 0.1) is 0 Å². The SMILES string of the molecule is C=Cc1ccc(C(=O)OCc2cccc3cccc(COC(=O)c4ccc(C=C)cc4)c23)cc1. The summed E-state index contributed by atoms with van der Waals surface area (Å²) in [6, 6.07) is 25.8. The molecule has 0 amide bonds. The van der Waals surface area contributed by atoms with Gasteiger partial charge in [0.05, 0.1) is 11.1 Å². The zero-order valence-corrected chi connectivity index (χ0v) is 18.7. The lowest BCUT2D eigenvalue weighted by atomic mass is 10.00. The lowest BCUT2D eigenvalue weighted by Gasteiger charge is -2.13. The summed E-state index contributed by atoms with van der Waals surface area (Å²) in [5, 5.41) is 1.89. The van der Waals surface area contributed by atoms with Gasteiger partial charge in [-0.15, -0.1) is 0 Å². The number of benzene rings is 4. The second-order valence-electron chi connectivity index (χ2n) is 7.74. The number of hydrogen-bond acceptors (Lipinski definition) is 4. The van der Waals surface area contributed by atoms with Gasteiger partial charge in [0.2, 0.25) is 0 Å². The fourth-order valence-corrected chi connectivity index (χ4v) is 3.71. The molecule has 4 aromatic carbocycles. The van der Waals surface area contributed by atoms with Crippen molar-refractivity contribution in [3.8, 4) is 0 Å². The molecule has 0 aromatic heterocycles. The van der Waals surface area contributed by atoms with E-state index in [1.54, 1.807) is 36.4 Å². The highest BCUT2D eigenvalue weighted by Gasteiger charge is 2.13. The quantitative estimate of drug-likeness (QED) is 0.277. The monoisotopic (exact) mass is 448 g/mol. The molecule has 0 spiro atoms. The van der Waals surface area contributed by atoms with Gasteiger partial charge in [-0.05, 0) is 57.3 Å². The molecule has 4 nitrogen and oxygen atoms in total. The highest BCUT2D eigenvalue weighted by molar-refractivity contribution is 5.92. The average Bonchev–Trinajstić information content (AvgIpc) is 2.90. The van der Waals surface area contributed by atoms with Crippen LogP contribution >= 0.6 is 0 Å². The molecule has 0 saturated heterocycles. The van der Waals surface area contributed by atoms with Gasteiger partial charge >= 0.3 is 11.9 Å². The molecule has 0 aliphatic carbocycles. The van der Waals surface area contributed by atoms with Crippen LogP contribution in [0.25, 0.3) is 22.9 Å². The van der Waals surface area contributed by atoms with Crippen molar-refractivity contribution in [3.05, 3.63) is 131 Å². The largest absolute Gasteiger partial charge is 0.457 e. The Labute approximate surface area is 198 Å².